The second kappa shape index (κ2) is 6.83. The standard InChI is InChI=1S/C26H35FO5/c1-14-10-19-18-9-8-15-11-20(29)16-6-4-5-7-17(16)24(15,3)25(18,27)21(30)12-23(19,2)26(14,32)22(31)13-28/h4-5,11,14,16-19,21,28,30,32H,6-10,12-13H2,1-3H3/t14-,16+,17+,18+,19+,21+,23+,24-,25+,26+/m1/s1. The lowest BCUT2D eigenvalue weighted by Gasteiger charge is -2.66. The van der Waals surface area contributed by atoms with E-state index in [-0.39, 0.29) is 30.0 Å². The van der Waals surface area contributed by atoms with E-state index in [1.54, 1.807) is 19.9 Å². The highest BCUT2D eigenvalue weighted by Crippen LogP contribution is 2.72. The Kier molecular flexibility index (Phi) is 4.79. The molecule has 0 aliphatic heterocycles. The highest BCUT2D eigenvalue weighted by Gasteiger charge is 2.77. The van der Waals surface area contributed by atoms with Crippen LogP contribution >= 0.6 is 0 Å². The van der Waals surface area contributed by atoms with Crippen LogP contribution in [0.2, 0.25) is 0 Å². The minimum Gasteiger partial charge on any atom is -0.390 e. The van der Waals surface area contributed by atoms with Gasteiger partial charge in [0, 0.05) is 22.7 Å². The lowest BCUT2D eigenvalue weighted by atomic mass is 9.40. The molecule has 0 radical (unpaired) electrons. The SMILES string of the molecule is C[C@@H]1C[C@H]2[C@@H]3CCC4=CC(=O)[C@H]5CC=CC[C@@H]5[C@]4(C)[C@@]3(F)[C@@H](O)C[C@]2(C)[C@@]1(O)C(=O)CO. The minimum absolute atomic E-state index is 0.0404. The Morgan fingerprint density at radius 3 is 2.56 bits per heavy atom. The predicted octanol–water partition coefficient (Wildman–Crippen LogP) is 2.92. The number of rotatable bonds is 2. The number of hydrogen-bond donors (Lipinski definition) is 3. The van der Waals surface area contributed by atoms with Gasteiger partial charge in [-0.15, -0.1) is 0 Å². The molecular weight excluding hydrogens is 411 g/mol. The lowest BCUT2D eigenvalue weighted by molar-refractivity contribution is -0.239. The molecular formula is C26H35FO5. The van der Waals surface area contributed by atoms with Crippen LogP contribution in [-0.4, -0.2) is 50.9 Å². The smallest absolute Gasteiger partial charge is 0.190 e. The molecule has 5 aliphatic carbocycles. The van der Waals surface area contributed by atoms with Crippen LogP contribution in [0.4, 0.5) is 4.39 Å². The minimum atomic E-state index is -1.94. The maximum absolute atomic E-state index is 17.7. The van der Waals surface area contributed by atoms with Crippen molar-refractivity contribution < 1.29 is 29.3 Å². The zero-order valence-corrected chi connectivity index (χ0v) is 19.2. The monoisotopic (exact) mass is 446 g/mol. The van der Waals surface area contributed by atoms with Crippen LogP contribution in [0, 0.1) is 40.4 Å². The second-order valence-electron chi connectivity index (χ2n) is 11.6. The molecule has 32 heavy (non-hydrogen) atoms. The van der Waals surface area contributed by atoms with Gasteiger partial charge in [0.2, 0.25) is 0 Å². The van der Waals surface area contributed by atoms with Gasteiger partial charge < -0.3 is 15.3 Å². The van der Waals surface area contributed by atoms with Crippen molar-refractivity contribution in [2.24, 2.45) is 40.4 Å². The number of carbonyl (C=O) groups excluding carboxylic acids is 2. The number of allylic oxidation sites excluding steroid dienone is 3. The number of carbonyl (C=O) groups is 2. The molecule has 0 unspecified atom stereocenters. The molecule has 6 heteroatoms. The zero-order valence-electron chi connectivity index (χ0n) is 19.2. The number of ketones is 2. The molecule has 0 aromatic rings. The zero-order chi connectivity index (χ0) is 23.3. The summed E-state index contributed by atoms with van der Waals surface area (Å²) < 4.78 is 17.7. The van der Waals surface area contributed by atoms with Crippen molar-refractivity contribution in [3.63, 3.8) is 0 Å². The quantitative estimate of drug-likeness (QED) is 0.567. The fraction of sp³-hybridized carbons (Fsp3) is 0.769. The van der Waals surface area contributed by atoms with Crippen molar-refractivity contribution in [2.75, 3.05) is 6.61 Å². The van der Waals surface area contributed by atoms with Crippen molar-refractivity contribution in [3.05, 3.63) is 23.8 Å². The Morgan fingerprint density at radius 2 is 1.88 bits per heavy atom. The normalized spacial score (nSPS) is 54.2. The van der Waals surface area contributed by atoms with Crippen LogP contribution in [0.15, 0.2) is 23.8 Å². The third kappa shape index (κ3) is 2.29. The molecule has 3 saturated carbocycles. The number of aliphatic hydroxyl groups excluding tert-OH is 2. The van der Waals surface area contributed by atoms with Crippen molar-refractivity contribution in [1.82, 2.24) is 0 Å². The summed E-state index contributed by atoms with van der Waals surface area (Å²) in [5, 5.41) is 32.7. The Bertz CT molecular complexity index is 927. The van der Waals surface area contributed by atoms with Crippen molar-refractivity contribution in [3.8, 4) is 0 Å². The first-order valence-corrected chi connectivity index (χ1v) is 12.1. The van der Waals surface area contributed by atoms with E-state index in [1.165, 1.54) is 0 Å². The van der Waals surface area contributed by atoms with Gasteiger partial charge in [-0.1, -0.05) is 38.5 Å². The highest BCUT2D eigenvalue weighted by atomic mass is 19.1. The predicted molar refractivity (Wildman–Crippen MR) is 116 cm³/mol. The van der Waals surface area contributed by atoms with E-state index in [4.69, 9.17) is 0 Å². The molecule has 0 aromatic carbocycles. The fourth-order valence-corrected chi connectivity index (χ4v) is 9.13. The summed E-state index contributed by atoms with van der Waals surface area (Å²) in [5.74, 6) is -2.30. The molecule has 3 fully saturated rings. The van der Waals surface area contributed by atoms with Crippen molar-refractivity contribution in [1.29, 1.82) is 0 Å². The van der Waals surface area contributed by atoms with Gasteiger partial charge in [0.1, 0.15) is 17.9 Å². The summed E-state index contributed by atoms with van der Waals surface area (Å²) in [6.45, 7) is 4.72. The molecule has 0 amide bonds. The highest BCUT2D eigenvalue weighted by molar-refractivity contribution is 5.94. The molecule has 0 saturated heterocycles. The number of fused-ring (bicyclic) bond motifs is 7. The number of hydrogen-bond acceptors (Lipinski definition) is 5. The maximum Gasteiger partial charge on any atom is 0.190 e. The first-order valence-electron chi connectivity index (χ1n) is 12.1. The molecule has 10 atom stereocenters. The molecule has 0 heterocycles. The van der Waals surface area contributed by atoms with Gasteiger partial charge in [-0.05, 0) is 62.4 Å². The fourth-order valence-electron chi connectivity index (χ4n) is 9.13. The molecule has 0 spiro atoms. The average molecular weight is 447 g/mol. The Balaban J connectivity index is 1.65. The number of aliphatic hydroxyl groups is 3. The summed E-state index contributed by atoms with van der Waals surface area (Å²) in [6.07, 6.45) is 7.03. The maximum atomic E-state index is 17.7. The van der Waals surface area contributed by atoms with Crippen LogP contribution in [0.25, 0.3) is 0 Å². The van der Waals surface area contributed by atoms with Crippen LogP contribution in [0.5, 0.6) is 0 Å². The van der Waals surface area contributed by atoms with Gasteiger partial charge in [-0.3, -0.25) is 9.59 Å². The van der Waals surface area contributed by atoms with Gasteiger partial charge in [0.25, 0.3) is 0 Å². The molecule has 0 bridgehead atoms. The van der Waals surface area contributed by atoms with E-state index in [2.05, 4.69) is 0 Å². The molecule has 5 rings (SSSR count). The van der Waals surface area contributed by atoms with Gasteiger partial charge >= 0.3 is 0 Å². The van der Waals surface area contributed by atoms with E-state index >= 15 is 4.39 Å². The Morgan fingerprint density at radius 1 is 1.19 bits per heavy atom. The van der Waals surface area contributed by atoms with Gasteiger partial charge in [0.15, 0.2) is 11.6 Å². The van der Waals surface area contributed by atoms with Gasteiger partial charge in [-0.2, -0.15) is 0 Å². The van der Waals surface area contributed by atoms with E-state index in [1.807, 2.05) is 19.1 Å². The average Bonchev–Trinajstić information content (AvgIpc) is 2.97. The van der Waals surface area contributed by atoms with E-state index in [9.17, 15) is 24.9 Å². The summed E-state index contributed by atoms with van der Waals surface area (Å²) in [5.41, 5.74) is -4.90. The van der Waals surface area contributed by atoms with Gasteiger partial charge in [0.05, 0.1) is 6.10 Å². The van der Waals surface area contributed by atoms with E-state index in [0.29, 0.717) is 32.1 Å². The van der Waals surface area contributed by atoms with Crippen LogP contribution in [-0.2, 0) is 9.59 Å². The summed E-state index contributed by atoms with van der Waals surface area (Å²) >= 11 is 0. The Labute approximate surface area is 188 Å². The first kappa shape index (κ1) is 22.4. The van der Waals surface area contributed by atoms with Crippen LogP contribution < -0.4 is 0 Å². The number of alkyl halides is 1. The third-order valence-electron chi connectivity index (χ3n) is 10.7. The topological polar surface area (TPSA) is 94.8 Å². The number of Topliss-reactive ketones (excluding diaryl/α,β-unsaturated/α-hetero) is 1. The largest absolute Gasteiger partial charge is 0.390 e. The second-order valence-corrected chi connectivity index (χ2v) is 11.6. The van der Waals surface area contributed by atoms with Crippen molar-refractivity contribution in [2.45, 2.75) is 76.7 Å². The van der Waals surface area contributed by atoms with Crippen LogP contribution in [0.1, 0.15) is 59.3 Å². The lowest BCUT2D eigenvalue weighted by Crippen LogP contribution is -2.72. The third-order valence-corrected chi connectivity index (χ3v) is 10.7. The van der Waals surface area contributed by atoms with Gasteiger partial charge in [-0.25, -0.2) is 4.39 Å². The molecule has 0 aromatic heterocycles. The summed E-state index contributed by atoms with van der Waals surface area (Å²) in [4.78, 5) is 25.6. The van der Waals surface area contributed by atoms with Crippen molar-refractivity contribution >= 4 is 11.6 Å². The van der Waals surface area contributed by atoms with E-state index < -0.39 is 52.4 Å². The van der Waals surface area contributed by atoms with Crippen LogP contribution in [0.3, 0.4) is 0 Å². The number of halogens is 1. The summed E-state index contributed by atoms with van der Waals surface area (Å²) in [6, 6.07) is 0. The molecule has 5 nitrogen and oxygen atoms in total. The Hall–Kier alpha value is -1.37. The first-order chi connectivity index (χ1) is 15.0. The molecule has 176 valence electrons. The molecule has 5 aliphatic rings. The molecule has 3 N–H and O–H groups in total. The summed E-state index contributed by atoms with van der Waals surface area (Å²) in [7, 11) is 0. The van der Waals surface area contributed by atoms with E-state index in [0.717, 1.165) is 5.57 Å².